The third-order valence-corrected chi connectivity index (χ3v) is 4.73. The van der Waals surface area contributed by atoms with Crippen LogP contribution in [0, 0.1) is 19.8 Å². The van der Waals surface area contributed by atoms with E-state index in [9.17, 15) is 0 Å². The average molecular weight is 275 g/mol. The van der Waals surface area contributed by atoms with Gasteiger partial charge in [-0.05, 0) is 43.9 Å². The van der Waals surface area contributed by atoms with Crippen LogP contribution in [0.25, 0.3) is 0 Å². The summed E-state index contributed by atoms with van der Waals surface area (Å²) in [4.78, 5) is 5.07. The molecule has 1 fully saturated rings. The van der Waals surface area contributed by atoms with Crippen molar-refractivity contribution in [3.8, 4) is 0 Å². The minimum absolute atomic E-state index is 0.284. The van der Waals surface area contributed by atoms with E-state index in [2.05, 4.69) is 55.7 Å². The Kier molecular flexibility index (Phi) is 5.06. The van der Waals surface area contributed by atoms with Crippen molar-refractivity contribution in [3.63, 3.8) is 0 Å². The molecule has 2 atom stereocenters. The fraction of sp³-hybridized carbons (Fsp3) is 0.647. The van der Waals surface area contributed by atoms with Gasteiger partial charge in [-0.2, -0.15) is 0 Å². The van der Waals surface area contributed by atoms with Crippen LogP contribution in [0.2, 0.25) is 0 Å². The second kappa shape index (κ2) is 6.59. The lowest BCUT2D eigenvalue weighted by molar-refractivity contribution is 0.214. The van der Waals surface area contributed by atoms with Crippen molar-refractivity contribution in [2.24, 2.45) is 11.7 Å². The van der Waals surface area contributed by atoms with Crippen molar-refractivity contribution in [2.45, 2.75) is 33.7 Å². The highest BCUT2D eigenvalue weighted by Crippen LogP contribution is 2.24. The van der Waals surface area contributed by atoms with Crippen LogP contribution in [-0.4, -0.2) is 43.7 Å². The van der Waals surface area contributed by atoms with Crippen LogP contribution in [0.1, 0.15) is 25.0 Å². The fourth-order valence-corrected chi connectivity index (χ4v) is 2.82. The molecule has 3 nitrogen and oxygen atoms in total. The zero-order valence-electron chi connectivity index (χ0n) is 13.4. The normalized spacial score (nSPS) is 19.9. The Morgan fingerprint density at radius 2 is 1.75 bits per heavy atom. The number of nitrogens with zero attached hydrogens (tertiary/aromatic N) is 2. The van der Waals surface area contributed by atoms with Gasteiger partial charge in [0.05, 0.1) is 0 Å². The van der Waals surface area contributed by atoms with Gasteiger partial charge in [-0.1, -0.05) is 19.1 Å². The van der Waals surface area contributed by atoms with Gasteiger partial charge in [0.15, 0.2) is 0 Å². The summed E-state index contributed by atoms with van der Waals surface area (Å²) in [7, 11) is 0. The van der Waals surface area contributed by atoms with E-state index >= 15 is 0 Å². The highest BCUT2D eigenvalue weighted by atomic mass is 15.3. The van der Waals surface area contributed by atoms with Crippen LogP contribution in [0.3, 0.4) is 0 Å². The summed E-state index contributed by atoms with van der Waals surface area (Å²) in [5.74, 6) is 0.572. The van der Waals surface area contributed by atoms with E-state index in [1.807, 2.05) is 0 Å². The second-order valence-corrected chi connectivity index (χ2v) is 6.34. The Labute approximate surface area is 123 Å². The number of piperazine rings is 1. The van der Waals surface area contributed by atoms with Gasteiger partial charge >= 0.3 is 0 Å². The predicted octanol–water partition coefficient (Wildman–Crippen LogP) is 2.41. The molecule has 1 aromatic carbocycles. The molecule has 112 valence electrons. The first kappa shape index (κ1) is 15.3. The molecule has 1 saturated heterocycles. The van der Waals surface area contributed by atoms with E-state index in [0.29, 0.717) is 5.92 Å². The molecule has 1 aliphatic heterocycles. The summed E-state index contributed by atoms with van der Waals surface area (Å²) >= 11 is 0. The van der Waals surface area contributed by atoms with Crippen LogP contribution < -0.4 is 10.6 Å². The fourth-order valence-electron chi connectivity index (χ4n) is 2.82. The van der Waals surface area contributed by atoms with Crippen molar-refractivity contribution < 1.29 is 0 Å². The Hall–Kier alpha value is -1.06. The first-order chi connectivity index (χ1) is 9.49. The van der Waals surface area contributed by atoms with Gasteiger partial charge in [0.2, 0.25) is 0 Å². The van der Waals surface area contributed by atoms with Crippen LogP contribution in [-0.2, 0) is 0 Å². The van der Waals surface area contributed by atoms with E-state index < -0.39 is 0 Å². The van der Waals surface area contributed by atoms with Crippen molar-refractivity contribution >= 4 is 5.69 Å². The minimum Gasteiger partial charge on any atom is -0.369 e. The van der Waals surface area contributed by atoms with Crippen molar-refractivity contribution in [2.75, 3.05) is 37.6 Å². The van der Waals surface area contributed by atoms with Gasteiger partial charge < -0.3 is 10.6 Å². The molecule has 0 bridgehead atoms. The molecule has 0 aromatic heterocycles. The lowest BCUT2D eigenvalue weighted by Crippen LogP contribution is -2.49. The number of aryl methyl sites for hydroxylation is 1. The van der Waals surface area contributed by atoms with Crippen LogP contribution in [0.15, 0.2) is 18.2 Å². The van der Waals surface area contributed by atoms with Gasteiger partial charge in [0.25, 0.3) is 0 Å². The van der Waals surface area contributed by atoms with E-state index in [0.717, 1.165) is 32.7 Å². The Balaban J connectivity index is 1.93. The molecule has 0 saturated carbocycles. The molecule has 0 spiro atoms. The molecule has 1 aromatic rings. The van der Waals surface area contributed by atoms with Crippen LogP contribution >= 0.6 is 0 Å². The molecule has 0 amide bonds. The first-order valence-corrected chi connectivity index (χ1v) is 7.78. The van der Waals surface area contributed by atoms with Crippen molar-refractivity contribution in [1.82, 2.24) is 4.90 Å². The highest BCUT2D eigenvalue weighted by Gasteiger charge is 2.20. The average Bonchev–Trinajstić information content (AvgIpc) is 2.43. The highest BCUT2D eigenvalue weighted by molar-refractivity contribution is 5.56. The summed E-state index contributed by atoms with van der Waals surface area (Å²) < 4.78 is 0. The minimum atomic E-state index is 0.284. The maximum atomic E-state index is 5.97. The third kappa shape index (κ3) is 3.53. The molecule has 2 N–H and O–H groups in total. The van der Waals surface area contributed by atoms with Gasteiger partial charge in [0, 0.05) is 44.5 Å². The van der Waals surface area contributed by atoms with Crippen LogP contribution in [0.4, 0.5) is 5.69 Å². The van der Waals surface area contributed by atoms with E-state index in [1.54, 1.807) is 0 Å². The smallest absolute Gasteiger partial charge is 0.0399 e. The van der Waals surface area contributed by atoms with E-state index in [-0.39, 0.29) is 6.04 Å². The maximum Gasteiger partial charge on any atom is 0.0399 e. The van der Waals surface area contributed by atoms with Gasteiger partial charge in [-0.3, -0.25) is 4.90 Å². The molecule has 0 radical (unpaired) electrons. The van der Waals surface area contributed by atoms with Crippen molar-refractivity contribution in [1.29, 1.82) is 0 Å². The van der Waals surface area contributed by atoms with Gasteiger partial charge in [-0.25, -0.2) is 0 Å². The summed E-state index contributed by atoms with van der Waals surface area (Å²) in [6.45, 7) is 14.4. The van der Waals surface area contributed by atoms with Crippen LogP contribution in [0.5, 0.6) is 0 Å². The molecular weight excluding hydrogens is 246 g/mol. The number of hydrogen-bond acceptors (Lipinski definition) is 3. The Morgan fingerprint density at radius 1 is 1.10 bits per heavy atom. The standard InChI is InChI=1S/C17H29N3/c1-13-6-5-7-17(15(13)3)20-10-8-19(9-11-20)12-14(2)16(4)18/h5-7,14,16H,8-12,18H2,1-4H3. The zero-order chi connectivity index (χ0) is 14.7. The molecular formula is C17H29N3. The number of hydrogen-bond donors (Lipinski definition) is 1. The van der Waals surface area contributed by atoms with Gasteiger partial charge in [-0.15, -0.1) is 0 Å². The quantitative estimate of drug-likeness (QED) is 0.916. The number of rotatable bonds is 4. The lowest BCUT2D eigenvalue weighted by Gasteiger charge is -2.38. The van der Waals surface area contributed by atoms with E-state index in [1.165, 1.54) is 16.8 Å². The number of benzene rings is 1. The monoisotopic (exact) mass is 275 g/mol. The van der Waals surface area contributed by atoms with Gasteiger partial charge in [0.1, 0.15) is 0 Å². The third-order valence-electron chi connectivity index (χ3n) is 4.73. The summed E-state index contributed by atoms with van der Waals surface area (Å²) in [6.07, 6.45) is 0. The van der Waals surface area contributed by atoms with E-state index in [4.69, 9.17) is 5.73 Å². The second-order valence-electron chi connectivity index (χ2n) is 6.34. The Morgan fingerprint density at radius 3 is 2.35 bits per heavy atom. The maximum absolute atomic E-state index is 5.97. The largest absolute Gasteiger partial charge is 0.369 e. The first-order valence-electron chi connectivity index (χ1n) is 7.78. The number of anilines is 1. The lowest BCUT2D eigenvalue weighted by atomic mass is 10.0. The number of nitrogens with two attached hydrogens (primary N) is 1. The molecule has 2 unspecified atom stereocenters. The summed E-state index contributed by atoms with van der Waals surface area (Å²) in [6, 6.07) is 6.90. The molecule has 3 heteroatoms. The van der Waals surface area contributed by atoms with Crippen molar-refractivity contribution in [3.05, 3.63) is 29.3 Å². The molecule has 20 heavy (non-hydrogen) atoms. The summed E-state index contributed by atoms with van der Waals surface area (Å²) in [5, 5.41) is 0. The topological polar surface area (TPSA) is 32.5 Å². The SMILES string of the molecule is Cc1cccc(N2CCN(CC(C)C(C)N)CC2)c1C. The zero-order valence-corrected chi connectivity index (χ0v) is 13.4. The molecule has 2 rings (SSSR count). The molecule has 1 aliphatic rings. The molecule has 1 heterocycles. The summed E-state index contributed by atoms with van der Waals surface area (Å²) in [5.41, 5.74) is 10.2. The predicted molar refractivity (Wildman–Crippen MR) is 87.4 cm³/mol. The Bertz CT molecular complexity index is 434. The molecule has 0 aliphatic carbocycles.